The molecule has 0 radical (unpaired) electrons. The zero-order valence-corrected chi connectivity index (χ0v) is 18.0. The number of carbonyl (C=O) groups excluding carboxylic acids is 1. The second kappa shape index (κ2) is 10.2. The van der Waals surface area contributed by atoms with E-state index in [1.54, 1.807) is 12.1 Å². The molecule has 0 saturated carbocycles. The molecule has 2 rings (SSSR count). The van der Waals surface area contributed by atoms with Gasteiger partial charge in [0.1, 0.15) is 12.4 Å². The fourth-order valence-electron chi connectivity index (χ4n) is 2.54. The number of carbonyl (C=O) groups is 1. The summed E-state index contributed by atoms with van der Waals surface area (Å²) in [6, 6.07) is 5.84. The fourth-order valence-corrected chi connectivity index (χ4v) is 3.65. The lowest BCUT2D eigenvalue weighted by atomic mass is 10.2. The summed E-state index contributed by atoms with van der Waals surface area (Å²) in [5, 5.41) is 5.91. The maximum Gasteiger partial charge on any atom is 0.246 e. The number of thioether (sulfide) groups is 1. The van der Waals surface area contributed by atoms with Gasteiger partial charge in [0.05, 0.1) is 0 Å². The van der Waals surface area contributed by atoms with Gasteiger partial charge < -0.3 is 15.5 Å². The van der Waals surface area contributed by atoms with E-state index >= 15 is 0 Å². The Labute approximate surface area is 170 Å². The van der Waals surface area contributed by atoms with Crippen LogP contribution < -0.4 is 10.6 Å². The molecular weight excluding hydrogens is 454 g/mol. The highest BCUT2D eigenvalue weighted by Crippen LogP contribution is 2.29. The third-order valence-electron chi connectivity index (χ3n) is 3.54. The average Bonchev–Trinajstić information content (AvgIpc) is 2.50. The molecule has 1 aromatic rings. The van der Waals surface area contributed by atoms with E-state index in [4.69, 9.17) is 0 Å². The molecule has 0 spiro atoms. The summed E-state index contributed by atoms with van der Waals surface area (Å²) >= 11 is 1.95. The Balaban J connectivity index is 0.00000312. The highest BCUT2D eigenvalue weighted by Gasteiger charge is 2.28. The Bertz CT molecular complexity index is 612. The topological polar surface area (TPSA) is 56.7 Å². The van der Waals surface area contributed by atoms with Crippen molar-refractivity contribution in [3.8, 4) is 0 Å². The predicted molar refractivity (Wildman–Crippen MR) is 115 cm³/mol. The Kier molecular flexibility index (Phi) is 8.98. The minimum atomic E-state index is -0.377. The van der Waals surface area contributed by atoms with Crippen LogP contribution in [0.25, 0.3) is 0 Å². The molecule has 1 fully saturated rings. The van der Waals surface area contributed by atoms with E-state index in [1.165, 1.54) is 12.1 Å². The van der Waals surface area contributed by atoms with E-state index in [0.717, 1.165) is 31.3 Å². The second-order valence-electron chi connectivity index (χ2n) is 6.26. The van der Waals surface area contributed by atoms with Gasteiger partial charge in [-0.1, -0.05) is 6.07 Å². The minimum absolute atomic E-state index is 0. The van der Waals surface area contributed by atoms with Gasteiger partial charge in [-0.3, -0.25) is 4.79 Å². The minimum Gasteiger partial charge on any atom is -0.357 e. The molecule has 140 valence electrons. The molecular formula is C17H26FIN4OS. The molecule has 0 atom stereocenters. The zero-order valence-electron chi connectivity index (χ0n) is 14.8. The maximum absolute atomic E-state index is 13.2. The highest BCUT2D eigenvalue weighted by molar-refractivity contribution is 14.0. The summed E-state index contributed by atoms with van der Waals surface area (Å²) in [7, 11) is 0. The monoisotopic (exact) mass is 480 g/mol. The first-order chi connectivity index (χ1) is 11.4. The molecule has 1 heterocycles. The third kappa shape index (κ3) is 7.39. The highest BCUT2D eigenvalue weighted by atomic mass is 127. The normalized spacial score (nSPS) is 16.8. The number of benzene rings is 1. The van der Waals surface area contributed by atoms with E-state index in [9.17, 15) is 9.18 Å². The van der Waals surface area contributed by atoms with Crippen molar-refractivity contribution in [1.29, 1.82) is 0 Å². The lowest BCUT2D eigenvalue weighted by Crippen LogP contribution is -2.51. The summed E-state index contributed by atoms with van der Waals surface area (Å²) in [4.78, 5) is 18.7. The standard InChI is InChI=1S/C17H25FN4OS.HI/c1-4-19-16(22-8-9-24-17(2,3)12-22)20-11-15(23)21-14-7-5-6-13(18)10-14;/h5-7,10H,4,8-9,11-12H2,1-3H3,(H,19,20)(H,21,23);1H. The number of aliphatic imine (C=N–C) groups is 1. The van der Waals surface area contributed by atoms with Crippen LogP contribution in [-0.4, -0.2) is 53.4 Å². The smallest absolute Gasteiger partial charge is 0.246 e. The van der Waals surface area contributed by atoms with E-state index in [2.05, 4.69) is 34.4 Å². The Morgan fingerprint density at radius 3 is 2.84 bits per heavy atom. The van der Waals surface area contributed by atoms with Gasteiger partial charge in [-0.2, -0.15) is 11.8 Å². The van der Waals surface area contributed by atoms with Crippen molar-refractivity contribution in [3.63, 3.8) is 0 Å². The van der Waals surface area contributed by atoms with Crippen molar-refractivity contribution in [2.24, 2.45) is 4.99 Å². The SMILES string of the molecule is CCNC(=NCC(=O)Nc1cccc(F)c1)N1CCSC(C)(C)C1.I. The zero-order chi connectivity index (χ0) is 17.6. The first-order valence-electron chi connectivity index (χ1n) is 8.12. The van der Waals surface area contributed by atoms with E-state index in [-0.39, 0.29) is 47.0 Å². The number of anilines is 1. The van der Waals surface area contributed by atoms with Crippen molar-refractivity contribution in [2.75, 3.05) is 37.2 Å². The third-order valence-corrected chi connectivity index (χ3v) is 4.84. The Hall–Kier alpha value is -1.03. The molecule has 1 saturated heterocycles. The Morgan fingerprint density at radius 1 is 1.44 bits per heavy atom. The first kappa shape index (κ1) is 22.0. The van der Waals surface area contributed by atoms with Gasteiger partial charge in [-0.05, 0) is 39.0 Å². The van der Waals surface area contributed by atoms with Gasteiger partial charge in [0.25, 0.3) is 0 Å². The van der Waals surface area contributed by atoms with Crippen molar-refractivity contribution in [1.82, 2.24) is 10.2 Å². The average molecular weight is 480 g/mol. The lowest BCUT2D eigenvalue weighted by Gasteiger charge is -2.39. The molecule has 1 aliphatic rings. The van der Waals surface area contributed by atoms with E-state index in [1.807, 2.05) is 18.7 Å². The molecule has 0 bridgehead atoms. The van der Waals surface area contributed by atoms with Crippen LogP contribution in [0.4, 0.5) is 10.1 Å². The molecule has 2 N–H and O–H groups in total. The summed E-state index contributed by atoms with van der Waals surface area (Å²) in [5.74, 6) is 1.15. The fraction of sp³-hybridized carbons (Fsp3) is 0.529. The molecule has 0 unspecified atom stereocenters. The number of hydrogen-bond donors (Lipinski definition) is 2. The molecule has 1 aromatic carbocycles. The first-order valence-corrected chi connectivity index (χ1v) is 9.11. The second-order valence-corrected chi connectivity index (χ2v) is 8.06. The van der Waals surface area contributed by atoms with Crippen LogP contribution in [0.1, 0.15) is 20.8 Å². The largest absolute Gasteiger partial charge is 0.357 e. The van der Waals surface area contributed by atoms with Crippen LogP contribution in [0, 0.1) is 5.82 Å². The molecule has 25 heavy (non-hydrogen) atoms. The molecule has 5 nitrogen and oxygen atoms in total. The number of halogens is 2. The van der Waals surface area contributed by atoms with E-state index < -0.39 is 0 Å². The molecule has 0 aromatic heterocycles. The van der Waals surface area contributed by atoms with Crippen LogP contribution >= 0.6 is 35.7 Å². The molecule has 1 amide bonds. The van der Waals surface area contributed by atoms with Crippen LogP contribution in [0.3, 0.4) is 0 Å². The maximum atomic E-state index is 13.2. The summed E-state index contributed by atoms with van der Waals surface area (Å²) in [6.45, 7) is 8.97. The van der Waals surface area contributed by atoms with Gasteiger partial charge in [-0.15, -0.1) is 24.0 Å². The van der Waals surface area contributed by atoms with Gasteiger partial charge in [-0.25, -0.2) is 9.38 Å². The number of guanidine groups is 1. The number of amides is 1. The van der Waals surface area contributed by atoms with Gasteiger partial charge in [0, 0.05) is 35.8 Å². The number of rotatable bonds is 4. The lowest BCUT2D eigenvalue weighted by molar-refractivity contribution is -0.114. The van der Waals surface area contributed by atoms with Crippen LogP contribution in [0.15, 0.2) is 29.3 Å². The quantitative estimate of drug-likeness (QED) is 0.395. The summed E-state index contributed by atoms with van der Waals surface area (Å²) < 4.78 is 13.3. The number of nitrogens with zero attached hydrogens (tertiary/aromatic N) is 2. The van der Waals surface area contributed by atoms with Crippen molar-refractivity contribution < 1.29 is 9.18 Å². The van der Waals surface area contributed by atoms with Gasteiger partial charge in [0.2, 0.25) is 5.91 Å². The van der Waals surface area contributed by atoms with Gasteiger partial charge >= 0.3 is 0 Å². The predicted octanol–water partition coefficient (Wildman–Crippen LogP) is 3.18. The molecule has 8 heteroatoms. The van der Waals surface area contributed by atoms with E-state index in [0.29, 0.717) is 5.69 Å². The number of hydrogen-bond acceptors (Lipinski definition) is 3. The van der Waals surface area contributed by atoms with Gasteiger partial charge in [0.15, 0.2) is 5.96 Å². The Morgan fingerprint density at radius 2 is 2.20 bits per heavy atom. The van der Waals surface area contributed by atoms with Crippen molar-refractivity contribution in [2.45, 2.75) is 25.5 Å². The molecule has 1 aliphatic heterocycles. The van der Waals surface area contributed by atoms with Crippen molar-refractivity contribution in [3.05, 3.63) is 30.1 Å². The summed E-state index contributed by atoms with van der Waals surface area (Å²) in [6.07, 6.45) is 0. The van der Waals surface area contributed by atoms with Crippen LogP contribution in [0.2, 0.25) is 0 Å². The van der Waals surface area contributed by atoms with Crippen LogP contribution in [-0.2, 0) is 4.79 Å². The molecule has 0 aliphatic carbocycles. The van der Waals surface area contributed by atoms with Crippen LogP contribution in [0.5, 0.6) is 0 Å². The van der Waals surface area contributed by atoms with Crippen molar-refractivity contribution >= 4 is 53.3 Å². The number of nitrogens with one attached hydrogen (secondary N) is 2. The summed E-state index contributed by atoms with van der Waals surface area (Å²) in [5.41, 5.74) is 0.440.